The van der Waals surface area contributed by atoms with Crippen molar-refractivity contribution >= 4 is 17.4 Å². The topological polar surface area (TPSA) is 92.1 Å². The van der Waals surface area contributed by atoms with Gasteiger partial charge in [-0.05, 0) is 81.9 Å². The lowest BCUT2D eigenvalue weighted by Crippen LogP contribution is -2.38. The van der Waals surface area contributed by atoms with Gasteiger partial charge in [-0.15, -0.1) is 0 Å². The van der Waals surface area contributed by atoms with Crippen molar-refractivity contribution in [1.29, 1.82) is 5.26 Å². The fraction of sp³-hybridized carbons (Fsp3) is 0.621. The van der Waals surface area contributed by atoms with E-state index in [1.54, 1.807) is 6.20 Å². The average Bonchev–Trinajstić information content (AvgIpc) is 3.47. The first-order valence-electron chi connectivity index (χ1n) is 13.8. The molecule has 0 radical (unpaired) electrons. The minimum atomic E-state index is -0.407. The molecule has 1 aliphatic carbocycles. The summed E-state index contributed by atoms with van der Waals surface area (Å²) >= 11 is 6.58. The molecule has 5 rings (SSSR count). The number of aromatic nitrogens is 2. The number of ether oxygens (including phenoxy) is 2. The van der Waals surface area contributed by atoms with Crippen LogP contribution in [0.4, 0.5) is 5.82 Å². The second-order valence-electron chi connectivity index (χ2n) is 10.9. The highest BCUT2D eigenvalue weighted by molar-refractivity contribution is 6.33. The van der Waals surface area contributed by atoms with Gasteiger partial charge in [-0.3, -0.25) is 4.98 Å². The molecule has 1 saturated carbocycles. The third-order valence-corrected chi connectivity index (χ3v) is 8.54. The molecule has 198 valence electrons. The van der Waals surface area contributed by atoms with Crippen LogP contribution in [0.1, 0.15) is 57.1 Å². The van der Waals surface area contributed by atoms with Crippen LogP contribution in [0, 0.1) is 22.7 Å². The smallest absolute Gasteiger partial charge is 0.126 e. The molecule has 0 spiro atoms. The summed E-state index contributed by atoms with van der Waals surface area (Å²) in [5, 5.41) is 17.5. The van der Waals surface area contributed by atoms with Gasteiger partial charge < -0.3 is 20.1 Å². The Morgan fingerprint density at radius 1 is 1.11 bits per heavy atom. The molecule has 8 heteroatoms. The second-order valence-corrected chi connectivity index (χ2v) is 11.3. The van der Waals surface area contributed by atoms with Crippen LogP contribution in [-0.2, 0) is 15.9 Å². The van der Waals surface area contributed by atoms with E-state index in [1.165, 1.54) is 38.5 Å². The number of pyridine rings is 2. The number of anilines is 1. The monoisotopic (exact) mass is 523 g/mol. The Balaban J connectivity index is 1.17. The maximum absolute atomic E-state index is 9.74. The van der Waals surface area contributed by atoms with Crippen LogP contribution in [0.2, 0.25) is 5.02 Å². The van der Waals surface area contributed by atoms with Crippen LogP contribution < -0.4 is 10.6 Å². The van der Waals surface area contributed by atoms with E-state index in [1.807, 2.05) is 18.2 Å². The summed E-state index contributed by atoms with van der Waals surface area (Å²) in [5.74, 6) is 1.40. The zero-order chi connectivity index (χ0) is 25.5. The van der Waals surface area contributed by atoms with Crippen molar-refractivity contribution in [1.82, 2.24) is 15.3 Å². The molecule has 2 aromatic heterocycles. The van der Waals surface area contributed by atoms with E-state index < -0.39 is 5.41 Å². The number of rotatable bonds is 9. The third-order valence-electron chi connectivity index (χ3n) is 8.23. The molecule has 1 unspecified atom stereocenters. The molecule has 3 fully saturated rings. The Labute approximate surface area is 225 Å². The van der Waals surface area contributed by atoms with E-state index in [9.17, 15) is 5.26 Å². The predicted molar refractivity (Wildman–Crippen MR) is 145 cm³/mol. The van der Waals surface area contributed by atoms with Crippen LogP contribution >= 0.6 is 11.6 Å². The third kappa shape index (κ3) is 7.00. The predicted octanol–water partition coefficient (Wildman–Crippen LogP) is 5.40. The summed E-state index contributed by atoms with van der Waals surface area (Å²) in [6.45, 7) is 3.73. The maximum Gasteiger partial charge on any atom is 0.126 e. The van der Waals surface area contributed by atoms with Gasteiger partial charge >= 0.3 is 0 Å². The molecule has 2 aliphatic heterocycles. The van der Waals surface area contributed by atoms with Gasteiger partial charge in [0.25, 0.3) is 0 Å². The summed E-state index contributed by atoms with van der Waals surface area (Å²) in [7, 11) is 0. The quantitative estimate of drug-likeness (QED) is 0.454. The van der Waals surface area contributed by atoms with E-state index in [-0.39, 0.29) is 0 Å². The lowest BCUT2D eigenvalue weighted by atomic mass is 9.82. The largest absolute Gasteiger partial charge is 0.381 e. The van der Waals surface area contributed by atoms with Gasteiger partial charge in [0.05, 0.1) is 28.3 Å². The Kier molecular flexibility index (Phi) is 8.93. The molecule has 3 aliphatic rings. The standard InChI is InChI=1S/C29H38ClN5O2/c30-26-18-33-23(15-21-6-8-22(9-7-21)32-17-24-3-2-12-37-24)16-25(26)27-4-1-5-28(35-27)34-20-29(19-31)10-13-36-14-11-29/h1,4-5,16,18,21-22,24,32H,2-3,6-15,17,20H2,(H,34,35). The molecule has 0 amide bonds. The van der Waals surface area contributed by atoms with Crippen molar-refractivity contribution in [3.05, 3.63) is 41.2 Å². The summed E-state index contributed by atoms with van der Waals surface area (Å²) in [4.78, 5) is 9.47. The first kappa shape index (κ1) is 26.4. The van der Waals surface area contributed by atoms with Crippen LogP contribution in [0.5, 0.6) is 0 Å². The van der Waals surface area contributed by atoms with Crippen molar-refractivity contribution < 1.29 is 9.47 Å². The molecule has 37 heavy (non-hydrogen) atoms. The number of nitrogens with one attached hydrogen (secondary N) is 2. The molecule has 0 aromatic carbocycles. The molecule has 2 aromatic rings. The van der Waals surface area contributed by atoms with Crippen molar-refractivity contribution in [3.8, 4) is 17.3 Å². The van der Waals surface area contributed by atoms with Crippen LogP contribution in [0.25, 0.3) is 11.3 Å². The first-order valence-corrected chi connectivity index (χ1v) is 14.2. The van der Waals surface area contributed by atoms with Crippen molar-refractivity contribution in [2.24, 2.45) is 11.3 Å². The minimum absolute atomic E-state index is 0.407. The van der Waals surface area contributed by atoms with E-state index in [2.05, 4.69) is 27.8 Å². The van der Waals surface area contributed by atoms with Gasteiger partial charge in [0.15, 0.2) is 0 Å². The minimum Gasteiger partial charge on any atom is -0.381 e. The number of halogens is 1. The SMILES string of the molecule is N#CC1(CNc2cccc(-c3cc(CC4CCC(NCC5CCCO5)CC4)ncc3Cl)n2)CCOCC1. The fourth-order valence-corrected chi connectivity index (χ4v) is 5.99. The van der Waals surface area contributed by atoms with Gasteiger partial charge in [-0.2, -0.15) is 5.26 Å². The van der Waals surface area contributed by atoms with E-state index in [0.717, 1.165) is 55.2 Å². The summed E-state index contributed by atoms with van der Waals surface area (Å²) < 4.78 is 11.2. The number of nitrogens with zero attached hydrogens (tertiary/aromatic N) is 3. The Hall–Kier alpha value is -2.24. The van der Waals surface area contributed by atoms with E-state index in [0.29, 0.717) is 42.8 Å². The number of nitriles is 1. The molecular weight excluding hydrogens is 486 g/mol. The zero-order valence-corrected chi connectivity index (χ0v) is 22.3. The van der Waals surface area contributed by atoms with E-state index >= 15 is 0 Å². The van der Waals surface area contributed by atoms with Crippen LogP contribution in [-0.4, -0.2) is 55.0 Å². The molecule has 7 nitrogen and oxygen atoms in total. The maximum atomic E-state index is 9.74. The van der Waals surface area contributed by atoms with Gasteiger partial charge in [0, 0.05) is 56.4 Å². The average molecular weight is 524 g/mol. The normalized spacial score (nSPS) is 25.5. The van der Waals surface area contributed by atoms with Crippen molar-refractivity contribution in [2.75, 3.05) is 38.2 Å². The second kappa shape index (κ2) is 12.5. The molecule has 0 bridgehead atoms. The van der Waals surface area contributed by atoms with Gasteiger partial charge in [0.2, 0.25) is 0 Å². The van der Waals surface area contributed by atoms with Crippen molar-refractivity contribution in [2.45, 2.75) is 69.9 Å². The lowest BCUT2D eigenvalue weighted by molar-refractivity contribution is 0.0455. The van der Waals surface area contributed by atoms with Crippen LogP contribution in [0.15, 0.2) is 30.5 Å². The Morgan fingerprint density at radius 2 is 1.95 bits per heavy atom. The molecular formula is C29H38ClN5O2. The highest BCUT2D eigenvalue weighted by atomic mass is 35.5. The van der Waals surface area contributed by atoms with E-state index in [4.69, 9.17) is 26.1 Å². The van der Waals surface area contributed by atoms with Gasteiger partial charge in [-0.25, -0.2) is 4.98 Å². The molecule has 4 heterocycles. The van der Waals surface area contributed by atoms with Crippen LogP contribution in [0.3, 0.4) is 0 Å². The summed E-state index contributed by atoms with van der Waals surface area (Å²) in [5.41, 5.74) is 2.39. The number of hydrogen-bond acceptors (Lipinski definition) is 7. The highest BCUT2D eigenvalue weighted by Crippen LogP contribution is 2.32. The number of hydrogen-bond donors (Lipinski definition) is 2. The first-order chi connectivity index (χ1) is 18.1. The van der Waals surface area contributed by atoms with Crippen molar-refractivity contribution in [3.63, 3.8) is 0 Å². The summed E-state index contributed by atoms with van der Waals surface area (Å²) in [6.07, 6.45) is 11.9. The molecule has 2 saturated heterocycles. The lowest BCUT2D eigenvalue weighted by Gasteiger charge is -2.30. The van der Waals surface area contributed by atoms with Gasteiger partial charge in [0.1, 0.15) is 5.82 Å². The fourth-order valence-electron chi connectivity index (χ4n) is 5.79. The Bertz CT molecular complexity index is 1070. The Morgan fingerprint density at radius 3 is 2.70 bits per heavy atom. The molecule has 2 N–H and O–H groups in total. The van der Waals surface area contributed by atoms with Gasteiger partial charge in [-0.1, -0.05) is 17.7 Å². The highest BCUT2D eigenvalue weighted by Gasteiger charge is 2.32. The zero-order valence-electron chi connectivity index (χ0n) is 21.6. The molecule has 1 atom stereocenters. The summed E-state index contributed by atoms with van der Waals surface area (Å²) in [6, 6.07) is 11.1.